The van der Waals surface area contributed by atoms with Crippen LogP contribution in [0.5, 0.6) is 5.75 Å². The molecular weight excluding hydrogens is 334 g/mol. The molecule has 0 saturated carbocycles. The van der Waals surface area contributed by atoms with Gasteiger partial charge < -0.3 is 19.8 Å². The molecule has 0 radical (unpaired) electrons. The zero-order valence-electron chi connectivity index (χ0n) is 14.5. The highest BCUT2D eigenvalue weighted by atomic mass is 16.5. The molecule has 0 atom stereocenters. The fourth-order valence-electron chi connectivity index (χ4n) is 2.48. The van der Waals surface area contributed by atoms with E-state index in [1.165, 1.54) is 0 Å². The Bertz CT molecular complexity index is 932. The van der Waals surface area contributed by atoms with E-state index in [0.717, 1.165) is 16.7 Å². The second-order valence-corrected chi connectivity index (χ2v) is 5.51. The zero-order chi connectivity index (χ0) is 18.5. The lowest BCUT2D eigenvalue weighted by atomic mass is 10.2. The van der Waals surface area contributed by atoms with Gasteiger partial charge in [0.2, 0.25) is 0 Å². The van der Waals surface area contributed by atoms with Crippen molar-refractivity contribution < 1.29 is 19.1 Å². The largest absolute Gasteiger partial charge is 0.497 e. The van der Waals surface area contributed by atoms with Gasteiger partial charge in [0.1, 0.15) is 11.4 Å². The van der Waals surface area contributed by atoms with Crippen LogP contribution in [0.3, 0.4) is 0 Å². The van der Waals surface area contributed by atoms with Crippen molar-refractivity contribution in [1.29, 1.82) is 0 Å². The van der Waals surface area contributed by atoms with Gasteiger partial charge in [-0.1, -0.05) is 0 Å². The molecule has 2 aromatic carbocycles. The van der Waals surface area contributed by atoms with Crippen LogP contribution in [-0.4, -0.2) is 30.7 Å². The number of methoxy groups -OCH3 is 1. The van der Waals surface area contributed by atoms with E-state index in [-0.39, 0.29) is 5.91 Å². The molecular formula is C19H19N3O4. The number of benzene rings is 2. The van der Waals surface area contributed by atoms with Gasteiger partial charge in [-0.25, -0.2) is 4.79 Å². The topological polar surface area (TPSA) is 92.5 Å². The second-order valence-electron chi connectivity index (χ2n) is 5.51. The van der Waals surface area contributed by atoms with E-state index in [0.29, 0.717) is 23.7 Å². The molecule has 0 aliphatic carbocycles. The molecule has 3 N–H and O–H groups in total. The monoisotopic (exact) mass is 353 g/mol. The summed E-state index contributed by atoms with van der Waals surface area (Å²) in [5.41, 5.74) is 2.46. The molecule has 134 valence electrons. The first-order chi connectivity index (χ1) is 12.6. The van der Waals surface area contributed by atoms with Crippen LogP contribution in [0.25, 0.3) is 10.9 Å². The summed E-state index contributed by atoms with van der Waals surface area (Å²) >= 11 is 0. The summed E-state index contributed by atoms with van der Waals surface area (Å²) < 4.78 is 9.99. The first-order valence-electron chi connectivity index (χ1n) is 8.11. The van der Waals surface area contributed by atoms with Gasteiger partial charge in [-0.15, -0.1) is 0 Å². The minimum absolute atomic E-state index is 0.258. The summed E-state index contributed by atoms with van der Waals surface area (Å²) in [6.07, 6.45) is -0.516. The Hall–Kier alpha value is -3.48. The molecule has 3 rings (SSSR count). The summed E-state index contributed by atoms with van der Waals surface area (Å²) in [6, 6.07) is 14.1. The van der Waals surface area contributed by atoms with Gasteiger partial charge in [0.05, 0.1) is 13.7 Å². The molecule has 0 spiro atoms. The van der Waals surface area contributed by atoms with E-state index in [9.17, 15) is 9.59 Å². The summed E-state index contributed by atoms with van der Waals surface area (Å²) in [7, 11) is 1.60. The molecule has 1 aromatic heterocycles. The standard InChI is InChI=1S/C19H19N3O4/c1-3-26-19(24)21-14-7-5-13(6-8-14)20-18(23)17-10-12-4-9-15(25-2)11-16(12)22-17/h4-11,22H,3H2,1-2H3,(H,20,23)(H,21,24). The van der Waals surface area contributed by atoms with Crippen LogP contribution in [0.1, 0.15) is 17.4 Å². The van der Waals surface area contributed by atoms with Crippen molar-refractivity contribution in [2.24, 2.45) is 0 Å². The number of aromatic nitrogens is 1. The fraction of sp³-hybridized carbons (Fsp3) is 0.158. The molecule has 7 nitrogen and oxygen atoms in total. The predicted molar refractivity (Wildman–Crippen MR) is 99.9 cm³/mol. The van der Waals surface area contributed by atoms with Crippen molar-refractivity contribution in [2.45, 2.75) is 6.92 Å². The second kappa shape index (κ2) is 7.60. The van der Waals surface area contributed by atoms with E-state index >= 15 is 0 Å². The molecule has 0 bridgehead atoms. The van der Waals surface area contributed by atoms with E-state index in [1.807, 2.05) is 18.2 Å². The van der Waals surface area contributed by atoms with E-state index < -0.39 is 6.09 Å². The van der Waals surface area contributed by atoms with Crippen molar-refractivity contribution in [1.82, 2.24) is 4.98 Å². The van der Waals surface area contributed by atoms with E-state index in [1.54, 1.807) is 44.4 Å². The average molecular weight is 353 g/mol. The number of H-pyrrole nitrogens is 1. The van der Waals surface area contributed by atoms with Crippen molar-refractivity contribution in [3.05, 3.63) is 54.2 Å². The smallest absolute Gasteiger partial charge is 0.411 e. The minimum atomic E-state index is -0.516. The van der Waals surface area contributed by atoms with E-state index in [2.05, 4.69) is 15.6 Å². The molecule has 26 heavy (non-hydrogen) atoms. The quantitative estimate of drug-likeness (QED) is 0.646. The Morgan fingerprint density at radius 2 is 1.69 bits per heavy atom. The Morgan fingerprint density at radius 1 is 1.00 bits per heavy atom. The molecule has 0 aliphatic heterocycles. The van der Waals surface area contributed by atoms with Crippen LogP contribution in [0.4, 0.5) is 16.2 Å². The first-order valence-corrected chi connectivity index (χ1v) is 8.11. The third kappa shape index (κ3) is 3.94. The number of nitrogens with one attached hydrogen (secondary N) is 3. The van der Waals surface area contributed by atoms with Crippen molar-refractivity contribution in [3.63, 3.8) is 0 Å². The maximum absolute atomic E-state index is 12.4. The van der Waals surface area contributed by atoms with Crippen LogP contribution in [-0.2, 0) is 4.74 Å². The minimum Gasteiger partial charge on any atom is -0.497 e. The highest BCUT2D eigenvalue weighted by molar-refractivity contribution is 6.06. The molecule has 1 heterocycles. The van der Waals surface area contributed by atoms with Crippen LogP contribution >= 0.6 is 0 Å². The van der Waals surface area contributed by atoms with Crippen molar-refractivity contribution in [3.8, 4) is 5.75 Å². The van der Waals surface area contributed by atoms with Gasteiger partial charge in [-0.2, -0.15) is 0 Å². The Kier molecular flexibility index (Phi) is 5.07. The summed E-state index contributed by atoms with van der Waals surface area (Å²) in [5.74, 6) is 0.460. The number of hydrogen-bond donors (Lipinski definition) is 3. The summed E-state index contributed by atoms with van der Waals surface area (Å²) in [6.45, 7) is 2.04. The van der Waals surface area contributed by atoms with E-state index in [4.69, 9.17) is 9.47 Å². The molecule has 7 heteroatoms. The number of hydrogen-bond acceptors (Lipinski definition) is 4. The third-order valence-electron chi connectivity index (χ3n) is 3.74. The van der Waals surface area contributed by atoms with Crippen LogP contribution < -0.4 is 15.4 Å². The fourth-order valence-corrected chi connectivity index (χ4v) is 2.48. The molecule has 3 aromatic rings. The van der Waals surface area contributed by atoms with Crippen LogP contribution in [0.15, 0.2) is 48.5 Å². The normalized spacial score (nSPS) is 10.4. The van der Waals surface area contributed by atoms with Crippen LogP contribution in [0.2, 0.25) is 0 Å². The molecule has 2 amide bonds. The molecule has 0 fully saturated rings. The van der Waals surface area contributed by atoms with Gasteiger partial charge in [0, 0.05) is 28.3 Å². The zero-order valence-corrected chi connectivity index (χ0v) is 14.5. The maximum atomic E-state index is 12.4. The number of aromatic amines is 1. The first kappa shape index (κ1) is 17.3. The Labute approximate surface area is 150 Å². The van der Waals surface area contributed by atoms with Gasteiger partial charge >= 0.3 is 6.09 Å². The molecule has 0 unspecified atom stereocenters. The van der Waals surface area contributed by atoms with Gasteiger partial charge in [0.15, 0.2) is 0 Å². The Balaban J connectivity index is 1.68. The van der Waals surface area contributed by atoms with Crippen molar-refractivity contribution in [2.75, 3.05) is 24.4 Å². The maximum Gasteiger partial charge on any atom is 0.411 e. The third-order valence-corrected chi connectivity index (χ3v) is 3.74. The number of fused-ring (bicyclic) bond motifs is 1. The molecule has 0 saturated heterocycles. The number of carbonyl (C=O) groups excluding carboxylic acids is 2. The number of rotatable bonds is 5. The number of amides is 2. The summed E-state index contributed by atoms with van der Waals surface area (Å²) in [4.78, 5) is 26.9. The lowest BCUT2D eigenvalue weighted by Gasteiger charge is -2.07. The highest BCUT2D eigenvalue weighted by Crippen LogP contribution is 2.22. The Morgan fingerprint density at radius 3 is 2.35 bits per heavy atom. The SMILES string of the molecule is CCOC(=O)Nc1ccc(NC(=O)c2cc3ccc(OC)cc3[nH]2)cc1. The lowest BCUT2D eigenvalue weighted by molar-refractivity contribution is 0.102. The highest BCUT2D eigenvalue weighted by Gasteiger charge is 2.11. The molecule has 0 aliphatic rings. The van der Waals surface area contributed by atoms with Gasteiger partial charge in [0.25, 0.3) is 5.91 Å². The van der Waals surface area contributed by atoms with Gasteiger partial charge in [-0.05, 0) is 49.4 Å². The lowest BCUT2D eigenvalue weighted by Crippen LogP contribution is -2.14. The summed E-state index contributed by atoms with van der Waals surface area (Å²) in [5, 5.41) is 6.32. The van der Waals surface area contributed by atoms with Crippen LogP contribution in [0, 0.1) is 0 Å². The number of carbonyl (C=O) groups is 2. The predicted octanol–water partition coefficient (Wildman–Crippen LogP) is 4.00. The number of ether oxygens (including phenoxy) is 2. The average Bonchev–Trinajstić information content (AvgIpc) is 3.07. The van der Waals surface area contributed by atoms with Crippen molar-refractivity contribution >= 4 is 34.3 Å². The number of anilines is 2. The van der Waals surface area contributed by atoms with Gasteiger partial charge in [-0.3, -0.25) is 10.1 Å².